The summed E-state index contributed by atoms with van der Waals surface area (Å²) in [4.78, 5) is 0.737. The van der Waals surface area contributed by atoms with Gasteiger partial charge in [-0.15, -0.1) is 0 Å². The molecule has 1 N–H and O–H groups in total. The number of benzene rings is 2. The Bertz CT molecular complexity index is 905. The fraction of sp³-hybridized carbons (Fsp3) is 0.333. The minimum absolute atomic E-state index is 0.0901. The predicted octanol–water partition coefficient (Wildman–Crippen LogP) is 3.26. The molecule has 2 aromatic carbocycles. The van der Waals surface area contributed by atoms with E-state index in [0.29, 0.717) is 31.7 Å². The van der Waals surface area contributed by atoms with Crippen LogP contribution in [0.2, 0.25) is 0 Å². The third-order valence-electron chi connectivity index (χ3n) is 4.33. The topological polar surface area (TPSA) is 49.4 Å². The SMILES string of the molecule is Cc1cccc(S(=O)(=O)c2cccc(N3CCNCC3)c2C(F)(F)F)c1. The summed E-state index contributed by atoms with van der Waals surface area (Å²) in [7, 11) is -4.30. The molecule has 3 rings (SSSR count). The van der Waals surface area contributed by atoms with Crippen LogP contribution >= 0.6 is 0 Å². The fourth-order valence-electron chi connectivity index (χ4n) is 3.11. The van der Waals surface area contributed by atoms with Crippen LogP contribution in [0.3, 0.4) is 0 Å². The lowest BCUT2D eigenvalue weighted by Crippen LogP contribution is -2.44. The molecule has 0 saturated carbocycles. The van der Waals surface area contributed by atoms with Gasteiger partial charge in [0, 0.05) is 26.2 Å². The van der Waals surface area contributed by atoms with Crippen molar-refractivity contribution in [3.63, 3.8) is 0 Å². The zero-order valence-electron chi connectivity index (χ0n) is 14.2. The Labute approximate surface area is 150 Å². The number of nitrogens with one attached hydrogen (secondary N) is 1. The number of halogens is 3. The number of aryl methyl sites for hydroxylation is 1. The van der Waals surface area contributed by atoms with Crippen molar-refractivity contribution in [2.24, 2.45) is 0 Å². The second kappa shape index (κ2) is 6.92. The Balaban J connectivity index is 2.21. The number of anilines is 1. The minimum atomic E-state index is -4.78. The number of piperazine rings is 1. The van der Waals surface area contributed by atoms with Crippen LogP contribution in [0.5, 0.6) is 0 Å². The first kappa shape index (κ1) is 18.7. The summed E-state index contributed by atoms with van der Waals surface area (Å²) >= 11 is 0. The van der Waals surface area contributed by atoms with Crippen molar-refractivity contribution in [3.8, 4) is 0 Å². The lowest BCUT2D eigenvalue weighted by atomic mass is 10.1. The van der Waals surface area contributed by atoms with Gasteiger partial charge in [0.25, 0.3) is 0 Å². The first-order valence-corrected chi connectivity index (χ1v) is 9.67. The molecule has 0 radical (unpaired) electrons. The van der Waals surface area contributed by atoms with E-state index >= 15 is 0 Å². The van der Waals surface area contributed by atoms with Crippen molar-refractivity contribution in [1.82, 2.24) is 5.32 Å². The summed E-state index contributed by atoms with van der Waals surface area (Å²) in [6.07, 6.45) is -4.78. The largest absolute Gasteiger partial charge is 0.419 e. The van der Waals surface area contributed by atoms with Crippen molar-refractivity contribution in [2.75, 3.05) is 31.1 Å². The highest BCUT2D eigenvalue weighted by Crippen LogP contribution is 2.42. The summed E-state index contributed by atoms with van der Waals surface area (Å²) in [5.74, 6) is 0. The third-order valence-corrected chi connectivity index (χ3v) is 6.13. The maximum Gasteiger partial charge on any atom is 0.419 e. The van der Waals surface area contributed by atoms with Crippen LogP contribution in [0.15, 0.2) is 52.3 Å². The molecule has 0 aliphatic carbocycles. The van der Waals surface area contributed by atoms with Gasteiger partial charge < -0.3 is 10.2 Å². The van der Waals surface area contributed by atoms with Gasteiger partial charge in [-0.2, -0.15) is 13.2 Å². The van der Waals surface area contributed by atoms with E-state index < -0.39 is 26.5 Å². The predicted molar refractivity (Wildman–Crippen MR) is 93.2 cm³/mol. The quantitative estimate of drug-likeness (QED) is 0.883. The molecule has 0 aromatic heterocycles. The molecule has 2 aromatic rings. The number of hydrogen-bond acceptors (Lipinski definition) is 4. The molecule has 0 bridgehead atoms. The van der Waals surface area contributed by atoms with Crippen LogP contribution in [-0.2, 0) is 16.0 Å². The van der Waals surface area contributed by atoms with E-state index in [1.807, 2.05) is 0 Å². The number of sulfone groups is 1. The zero-order valence-corrected chi connectivity index (χ0v) is 15.0. The van der Waals surface area contributed by atoms with Gasteiger partial charge in [-0.25, -0.2) is 8.42 Å². The van der Waals surface area contributed by atoms with Crippen LogP contribution < -0.4 is 10.2 Å². The van der Waals surface area contributed by atoms with E-state index in [4.69, 9.17) is 0 Å². The Hall–Kier alpha value is -2.06. The molecular weight excluding hydrogens is 365 g/mol. The molecule has 140 valence electrons. The third kappa shape index (κ3) is 3.57. The first-order chi connectivity index (χ1) is 12.2. The van der Waals surface area contributed by atoms with Crippen LogP contribution in [0, 0.1) is 6.92 Å². The van der Waals surface area contributed by atoms with Crippen molar-refractivity contribution < 1.29 is 21.6 Å². The second-order valence-corrected chi connectivity index (χ2v) is 8.12. The molecule has 1 aliphatic heterocycles. The highest BCUT2D eigenvalue weighted by Gasteiger charge is 2.41. The summed E-state index contributed by atoms with van der Waals surface area (Å²) in [6.45, 7) is 3.56. The van der Waals surface area contributed by atoms with Crippen LogP contribution in [0.25, 0.3) is 0 Å². The van der Waals surface area contributed by atoms with E-state index in [9.17, 15) is 21.6 Å². The number of alkyl halides is 3. The van der Waals surface area contributed by atoms with Crippen LogP contribution in [0.1, 0.15) is 11.1 Å². The van der Waals surface area contributed by atoms with Crippen molar-refractivity contribution in [3.05, 3.63) is 53.6 Å². The Morgan fingerprint density at radius 2 is 1.69 bits per heavy atom. The first-order valence-electron chi connectivity index (χ1n) is 8.19. The number of rotatable bonds is 3. The molecule has 0 unspecified atom stereocenters. The minimum Gasteiger partial charge on any atom is -0.368 e. The van der Waals surface area contributed by atoms with Crippen LogP contribution in [0.4, 0.5) is 18.9 Å². The van der Waals surface area contributed by atoms with Gasteiger partial charge in [-0.3, -0.25) is 0 Å². The van der Waals surface area contributed by atoms with Gasteiger partial charge in [0.1, 0.15) is 0 Å². The maximum absolute atomic E-state index is 13.9. The molecule has 4 nitrogen and oxygen atoms in total. The standard InChI is InChI=1S/C18H19F3N2O2S/c1-13-4-2-5-14(12-13)26(24,25)16-7-3-6-15(17(16)18(19,20)21)23-10-8-22-9-11-23/h2-7,12,22H,8-11H2,1H3. The fourth-order valence-corrected chi connectivity index (χ4v) is 4.71. The van der Waals surface area contributed by atoms with E-state index in [1.54, 1.807) is 17.9 Å². The van der Waals surface area contributed by atoms with Gasteiger partial charge in [0.15, 0.2) is 0 Å². The number of nitrogens with zero attached hydrogens (tertiary/aromatic N) is 1. The highest BCUT2D eigenvalue weighted by atomic mass is 32.2. The molecule has 0 amide bonds. The van der Waals surface area contributed by atoms with Gasteiger partial charge in [-0.05, 0) is 36.8 Å². The number of hydrogen-bond donors (Lipinski definition) is 1. The van der Waals surface area contributed by atoms with E-state index in [2.05, 4.69) is 5.32 Å². The summed E-state index contributed by atoms with van der Waals surface area (Å²) in [6, 6.07) is 9.66. The van der Waals surface area contributed by atoms with E-state index in [0.717, 1.165) is 6.07 Å². The van der Waals surface area contributed by atoms with Crippen molar-refractivity contribution in [2.45, 2.75) is 22.9 Å². The Morgan fingerprint density at radius 1 is 1.04 bits per heavy atom. The average molecular weight is 384 g/mol. The molecule has 8 heteroatoms. The summed E-state index contributed by atoms with van der Waals surface area (Å²) < 4.78 is 67.6. The van der Waals surface area contributed by atoms with Gasteiger partial charge in [-0.1, -0.05) is 18.2 Å². The highest BCUT2D eigenvalue weighted by molar-refractivity contribution is 7.91. The van der Waals surface area contributed by atoms with Crippen LogP contribution in [-0.4, -0.2) is 34.6 Å². The molecule has 0 spiro atoms. The molecule has 1 heterocycles. The normalized spacial score (nSPS) is 15.9. The van der Waals surface area contributed by atoms with Gasteiger partial charge in [0.2, 0.25) is 9.84 Å². The van der Waals surface area contributed by atoms with Gasteiger partial charge in [0.05, 0.1) is 21.0 Å². The molecule has 1 fully saturated rings. The smallest absolute Gasteiger partial charge is 0.368 e. The Kier molecular flexibility index (Phi) is 4.98. The second-order valence-electron chi connectivity index (χ2n) is 6.21. The molecule has 1 saturated heterocycles. The monoisotopic (exact) mass is 384 g/mol. The summed E-state index contributed by atoms with van der Waals surface area (Å²) in [5, 5.41) is 3.08. The molecule has 1 aliphatic rings. The molecule has 0 atom stereocenters. The average Bonchev–Trinajstić information content (AvgIpc) is 2.61. The molecular formula is C18H19F3N2O2S. The summed E-state index contributed by atoms with van der Waals surface area (Å²) in [5.41, 5.74) is -0.519. The van der Waals surface area contributed by atoms with Crippen molar-refractivity contribution in [1.29, 1.82) is 0 Å². The zero-order chi connectivity index (χ0) is 18.9. The maximum atomic E-state index is 13.9. The van der Waals surface area contributed by atoms with Crippen molar-refractivity contribution >= 4 is 15.5 Å². The van der Waals surface area contributed by atoms with Gasteiger partial charge >= 0.3 is 6.18 Å². The van der Waals surface area contributed by atoms with E-state index in [-0.39, 0.29) is 10.6 Å². The molecule has 26 heavy (non-hydrogen) atoms. The van der Waals surface area contributed by atoms with E-state index in [1.165, 1.54) is 30.3 Å². The lowest BCUT2D eigenvalue weighted by molar-refractivity contribution is -0.139. The Morgan fingerprint density at radius 3 is 2.31 bits per heavy atom. The lowest BCUT2D eigenvalue weighted by Gasteiger charge is -2.32.